The van der Waals surface area contributed by atoms with Crippen molar-refractivity contribution in [3.8, 4) is 0 Å². The van der Waals surface area contributed by atoms with Crippen molar-refractivity contribution in [3.63, 3.8) is 0 Å². The first-order valence-electron chi connectivity index (χ1n) is 10.7. The number of anilines is 1. The normalized spacial score (nSPS) is 19.9. The van der Waals surface area contributed by atoms with E-state index in [1.165, 1.54) is 63.7 Å². The summed E-state index contributed by atoms with van der Waals surface area (Å²) in [6.07, 6.45) is 9.45. The van der Waals surface area contributed by atoms with Crippen molar-refractivity contribution in [1.29, 1.82) is 0 Å². The van der Waals surface area contributed by atoms with E-state index in [4.69, 9.17) is 0 Å². The van der Waals surface area contributed by atoms with Crippen LogP contribution in [0.4, 0.5) is 5.82 Å². The summed E-state index contributed by atoms with van der Waals surface area (Å²) in [6.45, 7) is 8.89. The average Bonchev–Trinajstić information content (AvgIpc) is 2.73. The lowest BCUT2D eigenvalue weighted by atomic mass is 10.1. The third-order valence-electron chi connectivity index (χ3n) is 5.64. The number of aromatic nitrogens is 1. The molecule has 2 aliphatic heterocycles. The van der Waals surface area contributed by atoms with Gasteiger partial charge in [-0.05, 0) is 62.8 Å². The first-order valence-corrected chi connectivity index (χ1v) is 10.7. The van der Waals surface area contributed by atoms with Crippen molar-refractivity contribution in [3.05, 3.63) is 23.9 Å². The number of guanidine groups is 1. The molecule has 6 nitrogen and oxygen atoms in total. The molecule has 150 valence electrons. The third kappa shape index (κ3) is 6.09. The minimum absolute atomic E-state index is 0.519. The van der Waals surface area contributed by atoms with Gasteiger partial charge in [-0.25, -0.2) is 4.98 Å². The van der Waals surface area contributed by atoms with Gasteiger partial charge in [0.1, 0.15) is 5.82 Å². The van der Waals surface area contributed by atoms with E-state index in [9.17, 15) is 0 Å². The minimum Gasteiger partial charge on any atom is -0.357 e. The fourth-order valence-corrected chi connectivity index (χ4v) is 4.06. The van der Waals surface area contributed by atoms with Crippen molar-refractivity contribution in [2.75, 3.05) is 44.7 Å². The minimum atomic E-state index is 0.519. The van der Waals surface area contributed by atoms with Crippen LogP contribution < -0.4 is 15.5 Å². The number of pyridine rings is 1. The van der Waals surface area contributed by atoms with Gasteiger partial charge in [0.05, 0.1) is 0 Å². The second-order valence-corrected chi connectivity index (χ2v) is 7.76. The molecule has 0 aromatic carbocycles. The Morgan fingerprint density at radius 1 is 1.19 bits per heavy atom. The van der Waals surface area contributed by atoms with E-state index < -0.39 is 0 Å². The Morgan fingerprint density at radius 3 is 2.67 bits per heavy atom. The molecule has 2 fully saturated rings. The fourth-order valence-electron chi connectivity index (χ4n) is 4.06. The molecule has 0 spiro atoms. The van der Waals surface area contributed by atoms with E-state index in [0.717, 1.165) is 31.4 Å². The molecule has 0 amide bonds. The zero-order valence-electron chi connectivity index (χ0n) is 17.1. The molecule has 0 radical (unpaired) electrons. The summed E-state index contributed by atoms with van der Waals surface area (Å²) in [5.74, 6) is 2.01. The Morgan fingerprint density at radius 2 is 1.96 bits per heavy atom. The second kappa shape index (κ2) is 10.5. The van der Waals surface area contributed by atoms with Crippen LogP contribution >= 0.6 is 0 Å². The summed E-state index contributed by atoms with van der Waals surface area (Å²) >= 11 is 0. The fraction of sp³-hybridized carbons (Fsp3) is 0.714. The Bertz CT molecular complexity index is 588. The third-order valence-corrected chi connectivity index (χ3v) is 5.64. The van der Waals surface area contributed by atoms with Gasteiger partial charge >= 0.3 is 0 Å². The molecule has 0 saturated carbocycles. The molecule has 0 bridgehead atoms. The van der Waals surface area contributed by atoms with Crippen LogP contribution in [-0.4, -0.2) is 61.7 Å². The van der Waals surface area contributed by atoms with Crippen LogP contribution in [0.1, 0.15) is 51.0 Å². The zero-order chi connectivity index (χ0) is 18.9. The van der Waals surface area contributed by atoms with Crippen molar-refractivity contribution >= 4 is 11.8 Å². The van der Waals surface area contributed by atoms with Crippen LogP contribution in [0.3, 0.4) is 0 Å². The maximum Gasteiger partial charge on any atom is 0.191 e. The van der Waals surface area contributed by atoms with Crippen LogP contribution in [0, 0.1) is 0 Å². The predicted octanol–water partition coefficient (Wildman–Crippen LogP) is 2.61. The van der Waals surface area contributed by atoms with Gasteiger partial charge in [0.2, 0.25) is 0 Å². The van der Waals surface area contributed by atoms with Gasteiger partial charge < -0.3 is 20.4 Å². The topological polar surface area (TPSA) is 55.8 Å². The van der Waals surface area contributed by atoms with Crippen molar-refractivity contribution in [2.24, 2.45) is 4.99 Å². The maximum absolute atomic E-state index is 4.57. The molecular weight excluding hydrogens is 336 g/mol. The van der Waals surface area contributed by atoms with E-state index in [1.807, 2.05) is 13.2 Å². The molecule has 2 aliphatic rings. The quantitative estimate of drug-likeness (QED) is 0.594. The lowest BCUT2D eigenvalue weighted by Gasteiger charge is -2.32. The lowest BCUT2D eigenvalue weighted by molar-refractivity contribution is 0.206. The first kappa shape index (κ1) is 19.9. The number of hydrogen-bond acceptors (Lipinski definition) is 4. The molecule has 3 heterocycles. The summed E-state index contributed by atoms with van der Waals surface area (Å²) < 4.78 is 0. The molecule has 1 aromatic heterocycles. The van der Waals surface area contributed by atoms with E-state index in [-0.39, 0.29) is 0 Å². The Balaban J connectivity index is 1.47. The highest BCUT2D eigenvalue weighted by molar-refractivity contribution is 5.80. The number of rotatable bonds is 6. The van der Waals surface area contributed by atoms with E-state index in [2.05, 4.69) is 49.5 Å². The van der Waals surface area contributed by atoms with Crippen molar-refractivity contribution in [2.45, 2.75) is 58.0 Å². The van der Waals surface area contributed by atoms with Crippen LogP contribution in [0.2, 0.25) is 0 Å². The van der Waals surface area contributed by atoms with Crippen LogP contribution in [0.5, 0.6) is 0 Å². The molecule has 6 heteroatoms. The molecule has 0 atom stereocenters. The molecule has 2 saturated heterocycles. The number of aliphatic imine (C=N–C) groups is 1. The number of piperidine rings is 2. The molecule has 0 aliphatic carbocycles. The molecule has 2 N–H and O–H groups in total. The largest absolute Gasteiger partial charge is 0.357 e. The van der Waals surface area contributed by atoms with Gasteiger partial charge in [0, 0.05) is 52.0 Å². The number of hydrogen-bond donors (Lipinski definition) is 2. The molecule has 3 rings (SSSR count). The predicted molar refractivity (Wildman–Crippen MR) is 113 cm³/mol. The summed E-state index contributed by atoms with van der Waals surface area (Å²) in [5.41, 5.74) is 1.26. The van der Waals surface area contributed by atoms with Crippen LogP contribution in [0.25, 0.3) is 0 Å². The SMILES string of the molecule is CCCN1CCC(NC(=NC)NCc2ccnc(N3CCCCC3)c2)CC1. The highest BCUT2D eigenvalue weighted by atomic mass is 15.2. The Kier molecular flexibility index (Phi) is 7.75. The summed E-state index contributed by atoms with van der Waals surface area (Å²) in [5, 5.41) is 7.08. The highest BCUT2D eigenvalue weighted by Gasteiger charge is 2.19. The highest BCUT2D eigenvalue weighted by Crippen LogP contribution is 2.18. The lowest BCUT2D eigenvalue weighted by Crippen LogP contribution is -2.48. The Labute approximate surface area is 164 Å². The number of likely N-dealkylation sites (tertiary alicyclic amines) is 1. The summed E-state index contributed by atoms with van der Waals surface area (Å²) in [4.78, 5) is 14.0. The van der Waals surface area contributed by atoms with Crippen molar-refractivity contribution in [1.82, 2.24) is 20.5 Å². The van der Waals surface area contributed by atoms with Crippen LogP contribution in [-0.2, 0) is 6.54 Å². The van der Waals surface area contributed by atoms with E-state index in [1.54, 1.807) is 0 Å². The summed E-state index contributed by atoms with van der Waals surface area (Å²) in [6, 6.07) is 4.83. The summed E-state index contributed by atoms with van der Waals surface area (Å²) in [7, 11) is 1.85. The van der Waals surface area contributed by atoms with Gasteiger partial charge in [-0.1, -0.05) is 6.92 Å². The standard InChI is InChI=1S/C21H36N6/c1-3-11-26-14-8-19(9-15-26)25-21(22-2)24-17-18-7-10-23-20(16-18)27-12-5-4-6-13-27/h7,10,16,19H,3-6,8-9,11-15,17H2,1-2H3,(H2,22,24,25). The number of nitrogens with zero attached hydrogens (tertiary/aromatic N) is 4. The molecule has 27 heavy (non-hydrogen) atoms. The molecular formula is C21H36N6. The van der Waals surface area contributed by atoms with Gasteiger partial charge in [0.25, 0.3) is 0 Å². The van der Waals surface area contributed by atoms with E-state index >= 15 is 0 Å². The Hall–Kier alpha value is -1.82. The number of nitrogens with one attached hydrogen (secondary N) is 2. The van der Waals surface area contributed by atoms with Gasteiger partial charge in [-0.15, -0.1) is 0 Å². The zero-order valence-corrected chi connectivity index (χ0v) is 17.1. The average molecular weight is 373 g/mol. The maximum atomic E-state index is 4.57. The van der Waals surface area contributed by atoms with Crippen molar-refractivity contribution < 1.29 is 0 Å². The smallest absolute Gasteiger partial charge is 0.191 e. The second-order valence-electron chi connectivity index (χ2n) is 7.76. The molecule has 0 unspecified atom stereocenters. The van der Waals surface area contributed by atoms with Crippen LogP contribution in [0.15, 0.2) is 23.3 Å². The van der Waals surface area contributed by atoms with E-state index in [0.29, 0.717) is 6.04 Å². The first-order chi connectivity index (χ1) is 13.3. The molecule has 1 aromatic rings. The van der Waals surface area contributed by atoms with Gasteiger partial charge in [-0.2, -0.15) is 0 Å². The monoisotopic (exact) mass is 372 g/mol. The van der Waals surface area contributed by atoms with Gasteiger partial charge in [0.15, 0.2) is 5.96 Å². The van der Waals surface area contributed by atoms with Gasteiger partial charge in [-0.3, -0.25) is 4.99 Å².